The Hall–Kier alpha value is -0.0900. The van der Waals surface area contributed by atoms with Gasteiger partial charge in [-0.05, 0) is 0 Å². The molecule has 9 nitrogen and oxygen atoms in total. The van der Waals surface area contributed by atoms with Crippen LogP contribution in [0.3, 0.4) is 0 Å². The Balaban J connectivity index is 2.57. The first-order valence-corrected chi connectivity index (χ1v) is 5.88. The minimum Gasteiger partial charge on any atom is -0.790 e. The molecule has 1 fully saturated rings. The average molecular weight is 258 g/mol. The third-order valence-corrected chi connectivity index (χ3v) is 2.71. The number of phosphoric ester groups is 1. The van der Waals surface area contributed by atoms with E-state index in [2.05, 4.69) is 10.3 Å². The number of hydrogen-bond donors (Lipinski definition) is 4. The molecule has 1 heterocycles. The molecule has 5 atom stereocenters. The maximum absolute atomic E-state index is 10.2. The number of phosphoric acid groups is 1. The minimum absolute atomic E-state index is 0.772. The van der Waals surface area contributed by atoms with Crippen molar-refractivity contribution in [1.29, 1.82) is 0 Å². The van der Waals surface area contributed by atoms with Crippen LogP contribution in [0.5, 0.6) is 0 Å². The zero-order valence-corrected chi connectivity index (χ0v) is 9.03. The van der Waals surface area contributed by atoms with E-state index in [0.29, 0.717) is 0 Å². The van der Waals surface area contributed by atoms with Crippen LogP contribution < -0.4 is 15.5 Å². The fourth-order valence-electron chi connectivity index (χ4n) is 1.30. The van der Waals surface area contributed by atoms with Gasteiger partial charge in [0.25, 0.3) is 0 Å². The first-order chi connectivity index (χ1) is 7.22. The molecule has 1 saturated heterocycles. The second-order valence-electron chi connectivity index (χ2n) is 3.45. The van der Waals surface area contributed by atoms with E-state index in [4.69, 9.17) is 4.74 Å². The molecule has 1 aliphatic heterocycles. The summed E-state index contributed by atoms with van der Waals surface area (Å²) in [5, 5.41) is 28.0. The molecule has 10 heteroatoms. The van der Waals surface area contributed by atoms with Gasteiger partial charge in [0.1, 0.15) is 18.3 Å². The lowest BCUT2D eigenvalue weighted by molar-refractivity contribution is -0.498. The second kappa shape index (κ2) is 5.05. The van der Waals surface area contributed by atoms with Gasteiger partial charge in [0, 0.05) is 0 Å². The quantitative estimate of drug-likeness (QED) is 0.364. The Morgan fingerprint density at radius 3 is 2.38 bits per heavy atom. The molecule has 0 bridgehead atoms. The number of rotatable bonds is 3. The van der Waals surface area contributed by atoms with Gasteiger partial charge in [-0.3, -0.25) is 0 Å². The van der Waals surface area contributed by atoms with Crippen LogP contribution in [0.4, 0.5) is 0 Å². The molecule has 1 rings (SSSR count). The third-order valence-electron chi connectivity index (χ3n) is 2.25. The summed E-state index contributed by atoms with van der Waals surface area (Å²) >= 11 is 0. The molecule has 0 radical (unpaired) electrons. The van der Waals surface area contributed by atoms with E-state index < -0.39 is 45.1 Å². The Labute approximate surface area is 90.6 Å². The van der Waals surface area contributed by atoms with Crippen molar-refractivity contribution in [2.75, 3.05) is 6.61 Å². The fraction of sp³-hybridized carbons (Fsp3) is 1.00. The summed E-state index contributed by atoms with van der Waals surface area (Å²) in [6.07, 6.45) is -5.66. The van der Waals surface area contributed by atoms with Crippen LogP contribution in [0.25, 0.3) is 0 Å². The Morgan fingerprint density at radius 2 is 1.88 bits per heavy atom. The van der Waals surface area contributed by atoms with Crippen LogP contribution in [0.1, 0.15) is 0 Å². The Morgan fingerprint density at radius 1 is 1.31 bits per heavy atom. The number of hydrogen-bond acceptors (Lipinski definition) is 8. The molecule has 96 valence electrons. The number of aliphatic hydroxyl groups excluding tert-OH is 3. The Bertz CT molecular complexity index is 282. The minimum atomic E-state index is -5.18. The highest BCUT2D eigenvalue weighted by Crippen LogP contribution is 2.27. The molecular weight excluding hydrogens is 245 g/mol. The standard InChI is InChI=1S/C6H14NO8P/c7-3-5(9)4(8)2(15-6(3)10)1-14-16(11,12)13/h2-6,8-10H,1,7H2,(H2,11,12,13)/p-1/t2-,3-,4+,5-,6+/m1/s1. The summed E-state index contributed by atoms with van der Waals surface area (Å²) < 4.78 is 18.8. The predicted molar refractivity (Wildman–Crippen MR) is 43.1 cm³/mol. The first-order valence-electron chi connectivity index (χ1n) is 4.41. The molecule has 0 amide bonds. The van der Waals surface area contributed by atoms with Crippen molar-refractivity contribution >= 4 is 7.82 Å². The van der Waals surface area contributed by atoms with Crippen LogP contribution >= 0.6 is 7.82 Å². The maximum Gasteiger partial charge on any atom is 0.211 e. The molecule has 0 aromatic rings. The van der Waals surface area contributed by atoms with E-state index in [-0.39, 0.29) is 0 Å². The fourth-order valence-corrected chi connectivity index (χ4v) is 1.63. The van der Waals surface area contributed by atoms with E-state index >= 15 is 0 Å². The maximum atomic E-state index is 10.2. The number of ether oxygens (including phenoxy) is 1. The van der Waals surface area contributed by atoms with Gasteiger partial charge in [0.05, 0.1) is 14.4 Å². The molecule has 0 aromatic carbocycles. The summed E-state index contributed by atoms with van der Waals surface area (Å²) in [6.45, 7) is -0.772. The largest absolute Gasteiger partial charge is 0.790 e. The molecule has 1 aliphatic rings. The molecule has 6 N–H and O–H groups in total. The van der Waals surface area contributed by atoms with Gasteiger partial charge < -0.3 is 44.7 Å². The monoisotopic (exact) mass is 258 g/mol. The SMILES string of the molecule is [NH3+][C@@H]1[C@@H](O)[C@@H](O)[C@@H](COP(=O)([O-])[O-])O[C@@H]1O. The van der Waals surface area contributed by atoms with Crippen molar-refractivity contribution < 1.29 is 44.7 Å². The highest BCUT2D eigenvalue weighted by molar-refractivity contribution is 7.43. The van der Waals surface area contributed by atoms with E-state index in [1.54, 1.807) is 0 Å². The lowest BCUT2D eigenvalue weighted by Gasteiger charge is -2.38. The summed E-state index contributed by atoms with van der Waals surface area (Å²) in [4.78, 5) is 20.4. The second-order valence-corrected chi connectivity index (χ2v) is 4.61. The summed E-state index contributed by atoms with van der Waals surface area (Å²) in [5.41, 5.74) is 3.35. The molecule has 0 aliphatic carbocycles. The predicted octanol–water partition coefficient (Wildman–Crippen LogP) is -5.12. The van der Waals surface area contributed by atoms with Crippen molar-refractivity contribution in [2.24, 2.45) is 0 Å². The molecule has 0 unspecified atom stereocenters. The van der Waals surface area contributed by atoms with Crippen molar-refractivity contribution in [3.05, 3.63) is 0 Å². The average Bonchev–Trinajstić information content (AvgIpc) is 2.17. The summed E-state index contributed by atoms with van der Waals surface area (Å²) in [6, 6.07) is -0.974. The molecule has 0 saturated carbocycles. The van der Waals surface area contributed by atoms with Crippen molar-refractivity contribution in [3.8, 4) is 0 Å². The lowest BCUT2D eigenvalue weighted by atomic mass is 9.98. The van der Waals surface area contributed by atoms with E-state index in [0.717, 1.165) is 0 Å². The zero-order chi connectivity index (χ0) is 12.5. The van der Waals surface area contributed by atoms with Crippen molar-refractivity contribution in [1.82, 2.24) is 0 Å². The first kappa shape index (κ1) is 14.0. The smallest absolute Gasteiger partial charge is 0.211 e. The van der Waals surface area contributed by atoms with Gasteiger partial charge >= 0.3 is 0 Å². The number of quaternary nitrogens is 1. The van der Waals surface area contributed by atoms with Gasteiger partial charge in [0.2, 0.25) is 6.29 Å². The zero-order valence-electron chi connectivity index (χ0n) is 8.13. The highest BCUT2D eigenvalue weighted by Gasteiger charge is 2.44. The van der Waals surface area contributed by atoms with Crippen LogP contribution in [0.15, 0.2) is 0 Å². The van der Waals surface area contributed by atoms with E-state index in [9.17, 15) is 29.7 Å². The van der Waals surface area contributed by atoms with E-state index in [1.807, 2.05) is 0 Å². The molecule has 16 heavy (non-hydrogen) atoms. The number of aliphatic hydroxyl groups is 3. The van der Waals surface area contributed by atoms with Crippen molar-refractivity contribution in [2.45, 2.75) is 30.6 Å². The van der Waals surface area contributed by atoms with Crippen LogP contribution in [-0.4, -0.2) is 52.6 Å². The lowest BCUT2D eigenvalue weighted by Crippen LogP contribution is -2.77. The van der Waals surface area contributed by atoms with Crippen LogP contribution in [0.2, 0.25) is 0 Å². The van der Waals surface area contributed by atoms with Gasteiger partial charge in [0.15, 0.2) is 6.04 Å². The normalized spacial score (nSPS) is 41.0. The van der Waals surface area contributed by atoms with Gasteiger partial charge in [-0.2, -0.15) is 0 Å². The van der Waals surface area contributed by atoms with Gasteiger partial charge in [-0.1, -0.05) is 0 Å². The summed E-state index contributed by atoms with van der Waals surface area (Å²) in [5.74, 6) is 0. The molecule has 0 spiro atoms. The van der Waals surface area contributed by atoms with Crippen molar-refractivity contribution in [3.63, 3.8) is 0 Å². The molecule has 0 aromatic heterocycles. The van der Waals surface area contributed by atoms with Crippen LogP contribution in [0, 0.1) is 0 Å². The highest BCUT2D eigenvalue weighted by atomic mass is 31.2. The van der Waals surface area contributed by atoms with Crippen LogP contribution in [-0.2, 0) is 13.8 Å². The van der Waals surface area contributed by atoms with Gasteiger partial charge in [-0.25, -0.2) is 0 Å². The topological polar surface area (TPSA) is 170 Å². The Kier molecular flexibility index (Phi) is 4.41. The third kappa shape index (κ3) is 3.45. The van der Waals surface area contributed by atoms with E-state index in [1.165, 1.54) is 0 Å². The van der Waals surface area contributed by atoms with Gasteiger partial charge in [-0.15, -0.1) is 0 Å². The summed E-state index contributed by atoms with van der Waals surface area (Å²) in [7, 11) is -5.18. The molecular formula is C6H13NO8P-.